The van der Waals surface area contributed by atoms with Crippen molar-refractivity contribution in [3.63, 3.8) is 0 Å². The molecule has 0 fully saturated rings. The largest absolute Gasteiger partial charge is 0.454 e. The number of hydrazone groups is 1. The fraction of sp³-hybridized carbons (Fsp3) is 0.222. The molecule has 1 aliphatic heterocycles. The van der Waals surface area contributed by atoms with Crippen molar-refractivity contribution < 1.29 is 14.3 Å². The number of hydrogen-bond donors (Lipinski definition) is 1. The van der Waals surface area contributed by atoms with Crippen LogP contribution in [-0.4, -0.2) is 24.2 Å². The van der Waals surface area contributed by atoms with Gasteiger partial charge in [-0.1, -0.05) is 30.3 Å². The monoisotopic (exact) mass is 342 g/mol. The van der Waals surface area contributed by atoms with Gasteiger partial charge in [0.2, 0.25) is 6.79 Å². The molecular weight excluding hydrogens is 324 g/mol. The molecule has 6 heteroatoms. The van der Waals surface area contributed by atoms with E-state index in [0.717, 1.165) is 17.1 Å². The Kier molecular flexibility index (Phi) is 5.38. The third kappa shape index (κ3) is 4.29. The van der Waals surface area contributed by atoms with Crippen molar-refractivity contribution in [3.8, 4) is 11.5 Å². The fourth-order valence-corrected chi connectivity index (χ4v) is 2.96. The third-order valence-electron chi connectivity index (χ3n) is 3.50. The molecule has 0 unspecified atom stereocenters. The Morgan fingerprint density at radius 3 is 2.88 bits per heavy atom. The van der Waals surface area contributed by atoms with Gasteiger partial charge in [-0.15, -0.1) is 11.8 Å². The van der Waals surface area contributed by atoms with Gasteiger partial charge in [0.1, 0.15) is 0 Å². The second kappa shape index (κ2) is 7.88. The van der Waals surface area contributed by atoms with E-state index in [2.05, 4.69) is 22.7 Å². The van der Waals surface area contributed by atoms with Crippen LogP contribution in [0.25, 0.3) is 0 Å². The summed E-state index contributed by atoms with van der Waals surface area (Å²) in [6, 6.07) is 15.6. The molecule has 24 heavy (non-hydrogen) atoms. The fourth-order valence-electron chi connectivity index (χ4n) is 2.13. The van der Waals surface area contributed by atoms with Crippen LogP contribution >= 0.6 is 11.8 Å². The molecule has 124 valence electrons. The molecule has 0 bridgehead atoms. The molecule has 1 N–H and O–H groups in total. The maximum atomic E-state index is 12.1. The molecule has 0 aromatic heterocycles. The predicted octanol–water partition coefficient (Wildman–Crippen LogP) is 3.19. The number of amides is 1. The molecule has 0 saturated carbocycles. The first-order valence-corrected chi connectivity index (χ1v) is 8.65. The smallest absolute Gasteiger partial charge is 0.252 e. The number of hydrogen-bond acceptors (Lipinski definition) is 5. The Balaban J connectivity index is 1.47. The van der Waals surface area contributed by atoms with E-state index >= 15 is 0 Å². The Labute approximate surface area is 145 Å². The lowest BCUT2D eigenvalue weighted by Gasteiger charge is -2.09. The number of benzene rings is 2. The van der Waals surface area contributed by atoms with Crippen LogP contribution in [-0.2, 0) is 10.5 Å². The Morgan fingerprint density at radius 2 is 2.04 bits per heavy atom. The summed E-state index contributed by atoms with van der Waals surface area (Å²) in [4.78, 5) is 12.1. The highest BCUT2D eigenvalue weighted by Gasteiger charge is 2.14. The van der Waals surface area contributed by atoms with Gasteiger partial charge in [-0.05, 0) is 36.2 Å². The van der Waals surface area contributed by atoms with Crippen LogP contribution in [0.5, 0.6) is 11.5 Å². The zero-order valence-corrected chi connectivity index (χ0v) is 14.1. The van der Waals surface area contributed by atoms with Gasteiger partial charge >= 0.3 is 0 Å². The molecule has 2 aromatic carbocycles. The summed E-state index contributed by atoms with van der Waals surface area (Å²) in [5.41, 5.74) is 4.61. The van der Waals surface area contributed by atoms with Gasteiger partial charge in [0, 0.05) is 5.75 Å². The molecule has 0 spiro atoms. The van der Waals surface area contributed by atoms with Crippen molar-refractivity contribution in [2.24, 2.45) is 5.10 Å². The van der Waals surface area contributed by atoms with Gasteiger partial charge in [-0.3, -0.25) is 4.79 Å². The van der Waals surface area contributed by atoms with E-state index in [9.17, 15) is 4.79 Å². The second-order valence-corrected chi connectivity index (χ2v) is 6.61. The highest BCUT2D eigenvalue weighted by atomic mass is 32.2. The van der Waals surface area contributed by atoms with Crippen LogP contribution in [0, 0.1) is 0 Å². The normalized spacial score (nSPS) is 13.9. The first-order valence-electron chi connectivity index (χ1n) is 7.60. The standard InChI is InChI=1S/C18H18N2O3S/c1-13(24-11-14-5-3-2-4-6-14)18(21)20-19-10-15-7-8-16-17(9-15)23-12-22-16/h2-10,13H,11-12H2,1H3,(H,20,21)/b19-10-/t13-/m0/s1. The summed E-state index contributed by atoms with van der Waals surface area (Å²) in [5.74, 6) is 2.09. The Hall–Kier alpha value is -2.47. The lowest BCUT2D eigenvalue weighted by molar-refractivity contribution is -0.120. The summed E-state index contributed by atoms with van der Waals surface area (Å²) < 4.78 is 10.6. The molecule has 3 rings (SSSR count). The van der Waals surface area contributed by atoms with Crippen molar-refractivity contribution in [2.75, 3.05) is 6.79 Å². The average Bonchev–Trinajstić information content (AvgIpc) is 3.08. The minimum atomic E-state index is -0.181. The summed E-state index contributed by atoms with van der Waals surface area (Å²) in [5, 5.41) is 3.83. The second-order valence-electron chi connectivity index (χ2n) is 5.29. The van der Waals surface area contributed by atoms with Crippen molar-refractivity contribution in [1.82, 2.24) is 5.43 Å². The molecule has 1 atom stereocenters. The quantitative estimate of drug-likeness (QED) is 0.647. The maximum Gasteiger partial charge on any atom is 0.252 e. The number of rotatable bonds is 6. The zero-order valence-electron chi connectivity index (χ0n) is 13.3. The van der Waals surface area contributed by atoms with Crippen LogP contribution in [0.2, 0.25) is 0 Å². The molecule has 0 aliphatic carbocycles. The van der Waals surface area contributed by atoms with Crippen LogP contribution in [0.1, 0.15) is 18.1 Å². The zero-order chi connectivity index (χ0) is 16.8. The van der Waals surface area contributed by atoms with Crippen molar-refractivity contribution in [3.05, 3.63) is 59.7 Å². The Bertz CT molecular complexity index is 734. The summed E-state index contributed by atoms with van der Waals surface area (Å²) >= 11 is 1.58. The highest BCUT2D eigenvalue weighted by molar-refractivity contribution is 7.99. The first-order chi connectivity index (χ1) is 11.7. The number of thioether (sulfide) groups is 1. The number of carbonyl (C=O) groups excluding carboxylic acids is 1. The lowest BCUT2D eigenvalue weighted by atomic mass is 10.2. The topological polar surface area (TPSA) is 59.9 Å². The maximum absolute atomic E-state index is 12.1. The van der Waals surface area contributed by atoms with Crippen LogP contribution in [0.4, 0.5) is 0 Å². The molecule has 0 radical (unpaired) electrons. The number of fused-ring (bicyclic) bond motifs is 1. The summed E-state index contributed by atoms with van der Waals surface area (Å²) in [6.07, 6.45) is 1.59. The van der Waals surface area contributed by atoms with Gasteiger partial charge in [0.05, 0.1) is 11.5 Å². The third-order valence-corrected chi connectivity index (χ3v) is 4.71. The van der Waals surface area contributed by atoms with E-state index in [0.29, 0.717) is 5.75 Å². The van der Waals surface area contributed by atoms with Crippen molar-refractivity contribution in [1.29, 1.82) is 0 Å². The van der Waals surface area contributed by atoms with Gasteiger partial charge < -0.3 is 9.47 Å². The van der Waals surface area contributed by atoms with Crippen molar-refractivity contribution >= 4 is 23.9 Å². The predicted molar refractivity (Wildman–Crippen MR) is 95.5 cm³/mol. The molecular formula is C18H18N2O3S. The van der Waals surface area contributed by atoms with E-state index in [1.807, 2.05) is 43.3 Å². The lowest BCUT2D eigenvalue weighted by Crippen LogP contribution is -2.26. The van der Waals surface area contributed by atoms with E-state index in [1.54, 1.807) is 18.0 Å². The SMILES string of the molecule is C[C@H](SCc1ccccc1)C(=O)N/N=C\c1ccc2c(c1)OCO2. The van der Waals surface area contributed by atoms with Crippen LogP contribution < -0.4 is 14.9 Å². The number of ether oxygens (including phenoxy) is 2. The molecule has 2 aromatic rings. The van der Waals surface area contributed by atoms with E-state index < -0.39 is 0 Å². The number of nitrogens with zero attached hydrogens (tertiary/aromatic N) is 1. The summed E-state index contributed by atoms with van der Waals surface area (Å²) in [6.45, 7) is 2.11. The minimum absolute atomic E-state index is 0.118. The van der Waals surface area contributed by atoms with E-state index in [-0.39, 0.29) is 18.0 Å². The van der Waals surface area contributed by atoms with Gasteiger partial charge in [-0.2, -0.15) is 5.10 Å². The number of nitrogens with one attached hydrogen (secondary N) is 1. The molecule has 5 nitrogen and oxygen atoms in total. The molecule has 1 heterocycles. The van der Waals surface area contributed by atoms with E-state index in [4.69, 9.17) is 9.47 Å². The number of carbonyl (C=O) groups is 1. The van der Waals surface area contributed by atoms with Gasteiger partial charge in [-0.25, -0.2) is 5.43 Å². The molecule has 1 amide bonds. The van der Waals surface area contributed by atoms with Crippen molar-refractivity contribution in [2.45, 2.75) is 17.9 Å². The van der Waals surface area contributed by atoms with Gasteiger partial charge in [0.25, 0.3) is 5.91 Å². The Morgan fingerprint density at radius 1 is 1.25 bits per heavy atom. The summed E-state index contributed by atoms with van der Waals surface area (Å²) in [7, 11) is 0. The van der Waals surface area contributed by atoms with Crippen LogP contribution in [0.3, 0.4) is 0 Å². The average molecular weight is 342 g/mol. The van der Waals surface area contributed by atoms with E-state index in [1.165, 1.54) is 5.56 Å². The minimum Gasteiger partial charge on any atom is -0.454 e. The molecule has 1 aliphatic rings. The highest BCUT2D eigenvalue weighted by Crippen LogP contribution is 2.31. The first kappa shape index (κ1) is 16.4. The van der Waals surface area contributed by atoms with Gasteiger partial charge in [0.15, 0.2) is 11.5 Å². The molecule has 0 saturated heterocycles. The van der Waals surface area contributed by atoms with Crippen LogP contribution in [0.15, 0.2) is 53.6 Å².